The maximum Gasteiger partial charge on any atom is 0.415 e. The summed E-state index contributed by atoms with van der Waals surface area (Å²) in [6.45, 7) is 8.08. The molecule has 0 saturated carbocycles. The lowest BCUT2D eigenvalue weighted by molar-refractivity contribution is 0.141. The van der Waals surface area contributed by atoms with Crippen LogP contribution in [0.4, 0.5) is 22.2 Å². The Labute approximate surface area is 182 Å². The van der Waals surface area contributed by atoms with E-state index in [-0.39, 0.29) is 18.7 Å². The Morgan fingerprint density at radius 3 is 2.65 bits per heavy atom. The minimum Gasteiger partial charge on any atom is -0.444 e. The predicted molar refractivity (Wildman–Crippen MR) is 120 cm³/mol. The lowest BCUT2D eigenvalue weighted by atomic mass is 9.93. The van der Waals surface area contributed by atoms with Crippen LogP contribution in [-0.4, -0.2) is 67.2 Å². The van der Waals surface area contributed by atoms with Crippen molar-refractivity contribution in [3.63, 3.8) is 0 Å². The van der Waals surface area contributed by atoms with E-state index in [9.17, 15) is 9.59 Å². The van der Waals surface area contributed by atoms with Crippen molar-refractivity contribution in [2.75, 3.05) is 47.8 Å². The molecular weight excluding hydrogens is 395 g/mol. The lowest BCUT2D eigenvalue weighted by Gasteiger charge is -2.35. The molecule has 1 radical (unpaired) electrons. The zero-order chi connectivity index (χ0) is 21.8. The van der Waals surface area contributed by atoms with Gasteiger partial charge >= 0.3 is 6.09 Å². The summed E-state index contributed by atoms with van der Waals surface area (Å²) >= 11 is 0. The number of nitrogens with zero attached hydrogens (tertiary/aromatic N) is 5. The molecule has 4 rings (SSSR count). The van der Waals surface area contributed by atoms with Gasteiger partial charge in [0.15, 0.2) is 0 Å². The van der Waals surface area contributed by atoms with E-state index in [2.05, 4.69) is 51.4 Å². The molecule has 10 heteroatoms. The molecule has 1 N–H and O–H groups in total. The summed E-state index contributed by atoms with van der Waals surface area (Å²) < 4.78 is 5.14. The second kappa shape index (κ2) is 9.34. The number of rotatable bonds is 7. The number of piperazine rings is 1. The van der Waals surface area contributed by atoms with Crippen LogP contribution >= 0.6 is 0 Å². The number of aromatic nitrogens is 2. The van der Waals surface area contributed by atoms with E-state index in [1.165, 1.54) is 10.6 Å². The standard InChI is InChI=1S/C21H26BN6O3/c1-3-28-19-17(13-31-21(28)30)12-23-20(25-19)24-15(2)16-4-6-18(7-5-16)26-8-10-27(11-9-26)22-14-29/h4-7,12,14-15H,3,8-11,13H2,1-2H3,(H,23,24,25)/t15-/m0/s1. The predicted octanol–water partition coefficient (Wildman–Crippen LogP) is 2.06. The molecule has 2 aliphatic heterocycles. The number of amides is 1. The molecular formula is C21H26BN6O3. The monoisotopic (exact) mass is 421 g/mol. The van der Waals surface area contributed by atoms with Crippen LogP contribution in [0.2, 0.25) is 0 Å². The number of fused-ring (bicyclic) bond motifs is 1. The molecule has 2 aliphatic rings. The third-order valence-electron chi connectivity index (χ3n) is 5.67. The molecule has 0 spiro atoms. The van der Waals surface area contributed by atoms with Gasteiger partial charge in [0.2, 0.25) is 5.95 Å². The topological polar surface area (TPSA) is 90.9 Å². The number of hydrogen-bond acceptors (Lipinski definition) is 8. The minimum absolute atomic E-state index is 0.00300. The summed E-state index contributed by atoms with van der Waals surface area (Å²) in [5.74, 6) is 1.08. The first-order chi connectivity index (χ1) is 15.1. The fourth-order valence-corrected chi connectivity index (χ4v) is 3.85. The van der Waals surface area contributed by atoms with Gasteiger partial charge in [0, 0.05) is 44.6 Å². The quantitative estimate of drug-likeness (QED) is 0.537. The Balaban J connectivity index is 1.40. The Kier molecular flexibility index (Phi) is 6.36. The van der Waals surface area contributed by atoms with Crippen LogP contribution in [0, 0.1) is 0 Å². The molecule has 161 valence electrons. The van der Waals surface area contributed by atoms with Gasteiger partial charge in [-0.25, -0.2) is 9.78 Å². The van der Waals surface area contributed by atoms with Crippen LogP contribution in [-0.2, 0) is 16.1 Å². The number of carbonyl (C=O) groups is 2. The van der Waals surface area contributed by atoms with E-state index < -0.39 is 0 Å². The molecule has 0 bridgehead atoms. The third-order valence-corrected chi connectivity index (χ3v) is 5.67. The Hall–Kier alpha value is -3.14. The highest BCUT2D eigenvalue weighted by Gasteiger charge is 2.27. The molecule has 3 heterocycles. The number of benzene rings is 1. The van der Waals surface area contributed by atoms with Gasteiger partial charge in [-0.05, 0) is 31.5 Å². The molecule has 31 heavy (non-hydrogen) atoms. The van der Waals surface area contributed by atoms with Crippen LogP contribution in [0.15, 0.2) is 30.5 Å². The lowest BCUT2D eigenvalue weighted by Crippen LogP contribution is -2.48. The van der Waals surface area contributed by atoms with Crippen LogP contribution < -0.4 is 15.1 Å². The van der Waals surface area contributed by atoms with Crippen LogP contribution in [0.25, 0.3) is 0 Å². The summed E-state index contributed by atoms with van der Waals surface area (Å²) in [6, 6.07) is 8.44. The zero-order valence-electron chi connectivity index (χ0n) is 17.8. The van der Waals surface area contributed by atoms with Gasteiger partial charge in [-0.3, -0.25) is 4.90 Å². The first-order valence-corrected chi connectivity index (χ1v) is 10.5. The molecule has 1 aromatic carbocycles. The molecule has 9 nitrogen and oxygen atoms in total. The number of carbonyl (C=O) groups excluding carboxylic acids is 2. The van der Waals surface area contributed by atoms with E-state index >= 15 is 0 Å². The highest BCUT2D eigenvalue weighted by Crippen LogP contribution is 2.27. The SMILES string of the molecule is CCN1C(=O)OCc2cnc(N[C@@H](C)c3ccc(N4CCN([B]C=O)CC4)cc3)nc21. The number of anilines is 3. The second-order valence-electron chi connectivity index (χ2n) is 7.61. The van der Waals surface area contributed by atoms with Gasteiger partial charge < -0.3 is 24.6 Å². The van der Waals surface area contributed by atoms with Gasteiger partial charge in [0.25, 0.3) is 7.41 Å². The summed E-state index contributed by atoms with van der Waals surface area (Å²) in [4.78, 5) is 37.4. The maximum absolute atomic E-state index is 12.0. The van der Waals surface area contributed by atoms with Crippen molar-refractivity contribution in [2.45, 2.75) is 26.5 Å². The minimum atomic E-state index is -0.381. The number of cyclic esters (lactones) is 1. The first-order valence-electron chi connectivity index (χ1n) is 10.5. The number of nitrogens with one attached hydrogen (secondary N) is 1. The Morgan fingerprint density at radius 1 is 1.23 bits per heavy atom. The van der Waals surface area contributed by atoms with Crippen molar-refractivity contribution in [1.29, 1.82) is 0 Å². The van der Waals surface area contributed by atoms with Crippen molar-refractivity contribution in [2.24, 2.45) is 0 Å². The van der Waals surface area contributed by atoms with Crippen molar-refractivity contribution >= 4 is 37.1 Å². The molecule has 0 aliphatic carbocycles. The Bertz CT molecular complexity index is 933. The van der Waals surface area contributed by atoms with Crippen molar-refractivity contribution in [3.8, 4) is 0 Å². The van der Waals surface area contributed by atoms with Gasteiger partial charge in [-0.15, -0.1) is 0 Å². The fourth-order valence-electron chi connectivity index (χ4n) is 3.85. The van der Waals surface area contributed by atoms with Gasteiger partial charge in [0.1, 0.15) is 12.4 Å². The van der Waals surface area contributed by atoms with E-state index in [4.69, 9.17) is 4.74 Å². The van der Waals surface area contributed by atoms with Crippen LogP contribution in [0.1, 0.15) is 31.0 Å². The van der Waals surface area contributed by atoms with Crippen molar-refractivity contribution < 1.29 is 14.3 Å². The summed E-state index contributed by atoms with van der Waals surface area (Å²) in [6.07, 6.45) is 2.17. The molecule has 1 saturated heterocycles. The van der Waals surface area contributed by atoms with Crippen molar-refractivity contribution in [1.82, 2.24) is 14.8 Å². The van der Waals surface area contributed by atoms with E-state index in [1.807, 2.05) is 11.7 Å². The molecule has 1 atom stereocenters. The maximum atomic E-state index is 12.0. The molecule has 1 fully saturated rings. The van der Waals surface area contributed by atoms with Gasteiger partial charge in [-0.1, -0.05) is 12.1 Å². The molecule has 0 unspecified atom stereocenters. The fraction of sp³-hybridized carbons (Fsp3) is 0.429. The summed E-state index contributed by atoms with van der Waals surface area (Å²) in [5, 5.41) is 3.33. The van der Waals surface area contributed by atoms with E-state index in [0.717, 1.165) is 43.5 Å². The van der Waals surface area contributed by atoms with Crippen LogP contribution in [0.5, 0.6) is 0 Å². The average Bonchev–Trinajstić information content (AvgIpc) is 2.80. The van der Waals surface area contributed by atoms with E-state index in [1.54, 1.807) is 13.6 Å². The normalized spacial score (nSPS) is 17.5. The largest absolute Gasteiger partial charge is 0.444 e. The number of ether oxygens (including phenoxy) is 1. The van der Waals surface area contributed by atoms with Crippen molar-refractivity contribution in [3.05, 3.63) is 41.6 Å². The highest BCUT2D eigenvalue weighted by molar-refractivity contribution is 6.64. The van der Waals surface area contributed by atoms with Gasteiger partial charge in [0.05, 0.1) is 17.8 Å². The summed E-state index contributed by atoms with van der Waals surface area (Å²) in [5.41, 5.74) is 3.09. The molecule has 1 aromatic heterocycles. The zero-order valence-corrected chi connectivity index (χ0v) is 17.8. The molecule has 1 amide bonds. The first kappa shape index (κ1) is 21.1. The average molecular weight is 421 g/mol. The molecule has 2 aromatic rings. The highest BCUT2D eigenvalue weighted by atomic mass is 16.6. The smallest absolute Gasteiger partial charge is 0.415 e. The van der Waals surface area contributed by atoms with Crippen LogP contribution in [0.3, 0.4) is 0 Å². The summed E-state index contributed by atoms with van der Waals surface area (Å²) in [7, 11) is 1.61. The van der Waals surface area contributed by atoms with E-state index in [0.29, 0.717) is 18.3 Å². The Morgan fingerprint density at radius 2 is 1.97 bits per heavy atom. The second-order valence-corrected chi connectivity index (χ2v) is 7.61. The van der Waals surface area contributed by atoms with Gasteiger partial charge in [-0.2, -0.15) is 4.98 Å². The third kappa shape index (κ3) is 4.63. The number of hydrogen-bond donors (Lipinski definition) is 1.